The van der Waals surface area contributed by atoms with Gasteiger partial charge in [0.1, 0.15) is 5.78 Å². The van der Waals surface area contributed by atoms with Crippen LogP contribution in [0.5, 0.6) is 0 Å². The molecule has 46 valence electrons. The van der Waals surface area contributed by atoms with Crippen LogP contribution >= 0.6 is 0 Å². The van der Waals surface area contributed by atoms with Gasteiger partial charge in [0, 0.05) is 12.1 Å². The lowest BCUT2D eigenvalue weighted by atomic mass is 10.2. The van der Waals surface area contributed by atoms with Crippen LogP contribution in [0, 0.1) is 0 Å². The predicted octanol–water partition coefficient (Wildman–Crippen LogP) is 0.300. The van der Waals surface area contributed by atoms with E-state index in [0.29, 0.717) is 12.1 Å². The molecule has 0 bridgehead atoms. The highest BCUT2D eigenvalue weighted by Gasteiger charge is 1.93. The Morgan fingerprint density at radius 3 is 2.25 bits per heavy atom. The Balaban J connectivity index is 3.56. The maximum Gasteiger partial charge on any atom is 0.135 e. The first-order valence-electron chi connectivity index (χ1n) is 2.39. The average molecular weight is 114 g/mol. The second-order valence-electron chi connectivity index (χ2n) is 1.74. The van der Waals surface area contributed by atoms with Crippen molar-refractivity contribution in [2.24, 2.45) is 10.9 Å². The highest BCUT2D eigenvalue weighted by atomic mass is 16.1. The Bertz CT molecular complexity index is 118. The Labute approximate surface area is 48.6 Å². The molecule has 2 N–H and O–H groups in total. The second-order valence-corrected chi connectivity index (χ2v) is 1.74. The molecule has 0 amide bonds. The summed E-state index contributed by atoms with van der Waals surface area (Å²) in [5, 5.41) is 3.32. The molecule has 0 fully saturated rings. The molecule has 0 rings (SSSR count). The highest BCUT2D eigenvalue weighted by Crippen LogP contribution is 1.83. The number of hydrazone groups is 1. The minimum atomic E-state index is 0.0942. The Hall–Kier alpha value is -0.860. The van der Waals surface area contributed by atoms with Crippen molar-refractivity contribution in [3.8, 4) is 0 Å². The van der Waals surface area contributed by atoms with E-state index in [2.05, 4.69) is 5.10 Å². The van der Waals surface area contributed by atoms with E-state index < -0.39 is 0 Å². The quantitative estimate of drug-likeness (QED) is 0.319. The summed E-state index contributed by atoms with van der Waals surface area (Å²) in [5.41, 5.74) is 0.678. The van der Waals surface area contributed by atoms with E-state index in [1.807, 2.05) is 0 Å². The third-order valence-corrected chi connectivity index (χ3v) is 0.725. The van der Waals surface area contributed by atoms with Crippen molar-refractivity contribution < 1.29 is 4.79 Å². The van der Waals surface area contributed by atoms with Crippen LogP contribution in [0.25, 0.3) is 0 Å². The molecule has 0 radical (unpaired) electrons. The molecule has 0 aliphatic heterocycles. The standard InChI is InChI=1S/C5H10N2O/c1-4(7-6)3-5(2)8/h3,6H2,1-2H3/b7-4+. The molecule has 0 unspecified atom stereocenters. The zero-order chi connectivity index (χ0) is 6.57. The molecule has 3 heteroatoms. The molecule has 0 aromatic heterocycles. The SMILES string of the molecule is CC(=O)C/C(C)=N/N. The van der Waals surface area contributed by atoms with Gasteiger partial charge < -0.3 is 5.84 Å². The molecule has 0 saturated heterocycles. The van der Waals surface area contributed by atoms with E-state index in [0.717, 1.165) is 0 Å². The van der Waals surface area contributed by atoms with Gasteiger partial charge >= 0.3 is 0 Å². The summed E-state index contributed by atoms with van der Waals surface area (Å²) in [6.07, 6.45) is 0.372. The first-order valence-corrected chi connectivity index (χ1v) is 2.39. The van der Waals surface area contributed by atoms with Gasteiger partial charge in [0.15, 0.2) is 0 Å². The summed E-state index contributed by atoms with van der Waals surface area (Å²) >= 11 is 0. The summed E-state index contributed by atoms with van der Waals surface area (Å²) in [5.74, 6) is 4.95. The summed E-state index contributed by atoms with van der Waals surface area (Å²) in [7, 11) is 0. The van der Waals surface area contributed by atoms with Gasteiger partial charge in [-0.2, -0.15) is 5.10 Å². The Kier molecular flexibility index (Phi) is 2.84. The maximum atomic E-state index is 10.3. The fraction of sp³-hybridized carbons (Fsp3) is 0.600. The number of ketones is 1. The van der Waals surface area contributed by atoms with E-state index in [9.17, 15) is 4.79 Å². The predicted molar refractivity (Wildman–Crippen MR) is 32.6 cm³/mol. The third-order valence-electron chi connectivity index (χ3n) is 0.725. The lowest BCUT2D eigenvalue weighted by molar-refractivity contribution is -0.115. The fourth-order valence-electron chi connectivity index (χ4n) is 0.406. The van der Waals surface area contributed by atoms with Crippen molar-refractivity contribution in [1.29, 1.82) is 0 Å². The summed E-state index contributed by atoms with van der Waals surface area (Å²) < 4.78 is 0. The van der Waals surface area contributed by atoms with Crippen molar-refractivity contribution >= 4 is 11.5 Å². The van der Waals surface area contributed by atoms with Gasteiger partial charge in [0.05, 0.1) is 0 Å². The molecule has 0 spiro atoms. The molecule has 0 aliphatic carbocycles. The van der Waals surface area contributed by atoms with Gasteiger partial charge in [0.2, 0.25) is 0 Å². The molecule has 0 atom stereocenters. The molecule has 0 aromatic carbocycles. The van der Waals surface area contributed by atoms with E-state index in [-0.39, 0.29) is 5.78 Å². The topological polar surface area (TPSA) is 55.5 Å². The van der Waals surface area contributed by atoms with Crippen LogP contribution in [0.4, 0.5) is 0 Å². The molecule has 3 nitrogen and oxygen atoms in total. The number of carbonyl (C=O) groups excluding carboxylic acids is 1. The number of hydrogen-bond acceptors (Lipinski definition) is 3. The van der Waals surface area contributed by atoms with E-state index in [1.54, 1.807) is 6.92 Å². The molecule has 0 saturated carbocycles. The fourth-order valence-corrected chi connectivity index (χ4v) is 0.406. The molecular formula is C5H10N2O. The minimum absolute atomic E-state index is 0.0942. The van der Waals surface area contributed by atoms with Gasteiger partial charge in [-0.25, -0.2) is 0 Å². The van der Waals surface area contributed by atoms with Crippen LogP contribution in [-0.2, 0) is 4.79 Å². The van der Waals surface area contributed by atoms with Crippen LogP contribution in [0.2, 0.25) is 0 Å². The number of nitrogens with two attached hydrogens (primary N) is 1. The van der Waals surface area contributed by atoms with Crippen LogP contribution in [0.3, 0.4) is 0 Å². The van der Waals surface area contributed by atoms with Crippen LogP contribution in [-0.4, -0.2) is 11.5 Å². The van der Waals surface area contributed by atoms with Crippen LogP contribution < -0.4 is 5.84 Å². The maximum absolute atomic E-state index is 10.3. The highest BCUT2D eigenvalue weighted by molar-refractivity contribution is 5.99. The Morgan fingerprint density at radius 1 is 1.62 bits per heavy atom. The van der Waals surface area contributed by atoms with E-state index in [1.165, 1.54) is 6.92 Å². The van der Waals surface area contributed by atoms with Gasteiger partial charge in [-0.15, -0.1) is 0 Å². The zero-order valence-electron chi connectivity index (χ0n) is 5.14. The number of Topliss-reactive ketones (excluding diaryl/α,β-unsaturated/α-hetero) is 1. The molecular weight excluding hydrogens is 104 g/mol. The monoisotopic (exact) mass is 114 g/mol. The molecule has 0 aliphatic rings. The van der Waals surface area contributed by atoms with E-state index in [4.69, 9.17) is 5.84 Å². The minimum Gasteiger partial charge on any atom is -0.323 e. The van der Waals surface area contributed by atoms with Gasteiger partial charge in [0.25, 0.3) is 0 Å². The van der Waals surface area contributed by atoms with Crippen molar-refractivity contribution in [2.75, 3.05) is 0 Å². The van der Waals surface area contributed by atoms with Crippen LogP contribution in [0.15, 0.2) is 5.10 Å². The lowest BCUT2D eigenvalue weighted by Crippen LogP contribution is -2.02. The average Bonchev–Trinajstić information content (AvgIpc) is 1.65. The summed E-state index contributed by atoms with van der Waals surface area (Å²) in [6, 6.07) is 0. The zero-order valence-corrected chi connectivity index (χ0v) is 5.14. The van der Waals surface area contributed by atoms with Gasteiger partial charge in [-0.05, 0) is 13.8 Å². The first-order chi connectivity index (χ1) is 3.66. The summed E-state index contributed by atoms with van der Waals surface area (Å²) in [4.78, 5) is 10.3. The number of nitrogens with zero attached hydrogens (tertiary/aromatic N) is 1. The first kappa shape index (κ1) is 7.14. The van der Waals surface area contributed by atoms with Gasteiger partial charge in [-0.3, -0.25) is 4.79 Å². The normalized spacial score (nSPS) is 11.5. The molecule has 0 aromatic rings. The van der Waals surface area contributed by atoms with Crippen LogP contribution in [0.1, 0.15) is 20.3 Å². The number of hydrogen-bond donors (Lipinski definition) is 1. The van der Waals surface area contributed by atoms with E-state index >= 15 is 0 Å². The van der Waals surface area contributed by atoms with Crippen molar-refractivity contribution in [2.45, 2.75) is 20.3 Å². The summed E-state index contributed by atoms with van der Waals surface area (Å²) in [6.45, 7) is 3.23. The molecule has 8 heavy (non-hydrogen) atoms. The third kappa shape index (κ3) is 3.33. The Morgan fingerprint density at radius 2 is 2.12 bits per heavy atom. The molecule has 0 heterocycles. The number of rotatable bonds is 2. The van der Waals surface area contributed by atoms with Crippen molar-refractivity contribution in [3.05, 3.63) is 0 Å². The lowest BCUT2D eigenvalue weighted by Gasteiger charge is -1.89. The smallest absolute Gasteiger partial charge is 0.135 e. The van der Waals surface area contributed by atoms with Crippen molar-refractivity contribution in [1.82, 2.24) is 0 Å². The van der Waals surface area contributed by atoms with Crippen molar-refractivity contribution in [3.63, 3.8) is 0 Å². The largest absolute Gasteiger partial charge is 0.323 e. The second kappa shape index (κ2) is 3.18. The van der Waals surface area contributed by atoms with Gasteiger partial charge in [-0.1, -0.05) is 0 Å². The number of carbonyl (C=O) groups is 1.